The minimum absolute atomic E-state index is 0.00317. The molecule has 40 heavy (non-hydrogen) atoms. The van der Waals surface area contributed by atoms with Crippen molar-refractivity contribution >= 4 is 38.1 Å². The van der Waals surface area contributed by atoms with Gasteiger partial charge in [-0.1, -0.05) is 11.3 Å². The van der Waals surface area contributed by atoms with E-state index in [9.17, 15) is 17.2 Å². The minimum atomic E-state index is -3.86. The Morgan fingerprint density at radius 3 is 2.48 bits per heavy atom. The van der Waals surface area contributed by atoms with Gasteiger partial charge >= 0.3 is 0 Å². The van der Waals surface area contributed by atoms with Gasteiger partial charge in [0.15, 0.2) is 5.01 Å². The maximum absolute atomic E-state index is 13.6. The van der Waals surface area contributed by atoms with E-state index >= 15 is 0 Å². The summed E-state index contributed by atoms with van der Waals surface area (Å²) in [5, 5.41) is 7.66. The number of hydrogen-bond acceptors (Lipinski definition) is 9. The molecule has 0 bridgehead atoms. The Hall–Kier alpha value is -2.26. The van der Waals surface area contributed by atoms with Gasteiger partial charge in [0.05, 0.1) is 28.8 Å². The predicted octanol–water partition coefficient (Wildman–Crippen LogP) is 3.86. The Kier molecular flexibility index (Phi) is 6.07. The zero-order chi connectivity index (χ0) is 28.0. The summed E-state index contributed by atoms with van der Waals surface area (Å²) < 4.78 is 64.6. The SMILES string of the molecule is C[C@H]1OCC2(CCN(c3cc(S(=O)(=O)NC4(C)CC4)cc4c3nc(C3CC3)n4-c3nnc(C(F)F)s3)CC2)[C@@H]1N. The van der Waals surface area contributed by atoms with E-state index in [4.69, 9.17) is 15.5 Å². The molecular weight excluding hydrogens is 560 g/mol. The second-order valence-corrected chi connectivity index (χ2v) is 14.8. The molecule has 216 valence electrons. The van der Waals surface area contributed by atoms with E-state index < -0.39 is 22.0 Å². The number of rotatable bonds is 7. The van der Waals surface area contributed by atoms with Crippen molar-refractivity contribution < 1.29 is 21.9 Å². The topological polar surface area (TPSA) is 128 Å². The number of nitrogens with one attached hydrogen (secondary N) is 1. The average Bonchev–Trinajstić information content (AvgIpc) is 3.77. The molecule has 0 unspecified atom stereocenters. The molecule has 3 N–H and O–H groups in total. The van der Waals surface area contributed by atoms with Crippen molar-refractivity contribution in [3.63, 3.8) is 0 Å². The maximum Gasteiger partial charge on any atom is 0.291 e. The standard InChI is InChI=1S/C26H33F2N7O3S2/c1-14-20(29)26(13-38-14)7-9-34(10-8-26)17-11-16(40(36,37)33-25(2)5-6-25)12-18-19(17)30-22(15-3-4-15)35(18)24-32-31-23(39-24)21(27)28/h11-12,14-15,20-21,33H,3-10,13,29H2,1-2H3/t14-,20-/m1/s1. The van der Waals surface area contributed by atoms with Crippen LogP contribution in [0, 0.1) is 5.41 Å². The van der Waals surface area contributed by atoms with Crippen LogP contribution in [0.4, 0.5) is 14.5 Å². The van der Waals surface area contributed by atoms with E-state index in [-0.39, 0.29) is 38.5 Å². The second-order valence-electron chi connectivity index (χ2n) is 12.2. The van der Waals surface area contributed by atoms with Gasteiger partial charge in [-0.05, 0) is 64.5 Å². The fourth-order valence-electron chi connectivity index (χ4n) is 6.11. The number of nitrogens with zero attached hydrogens (tertiary/aromatic N) is 5. The quantitative estimate of drug-likeness (QED) is 0.423. The first kappa shape index (κ1) is 26.6. The number of alkyl halides is 2. The molecule has 0 radical (unpaired) electrons. The number of fused-ring (bicyclic) bond motifs is 1. The van der Waals surface area contributed by atoms with Crippen LogP contribution in [0.1, 0.15) is 75.5 Å². The van der Waals surface area contributed by atoms with E-state index in [2.05, 4.69) is 19.8 Å². The number of aromatic nitrogens is 4. The van der Waals surface area contributed by atoms with E-state index in [1.54, 1.807) is 16.7 Å². The smallest absolute Gasteiger partial charge is 0.291 e. The summed E-state index contributed by atoms with van der Waals surface area (Å²) in [4.78, 5) is 7.32. The van der Waals surface area contributed by atoms with Gasteiger partial charge in [0, 0.05) is 36.0 Å². The molecule has 0 amide bonds. The Bertz CT molecular complexity index is 1570. The van der Waals surface area contributed by atoms with Gasteiger partial charge in [-0.3, -0.25) is 4.57 Å². The molecule has 2 aliphatic heterocycles. The van der Waals surface area contributed by atoms with E-state index in [0.717, 1.165) is 49.9 Å². The summed E-state index contributed by atoms with van der Waals surface area (Å²) in [6, 6.07) is 3.26. The van der Waals surface area contributed by atoms with Crippen LogP contribution in [-0.2, 0) is 14.8 Å². The summed E-state index contributed by atoms with van der Waals surface area (Å²) >= 11 is 0.805. The lowest BCUT2D eigenvalue weighted by Gasteiger charge is -2.42. The normalized spacial score (nSPS) is 25.9. The molecule has 7 rings (SSSR count). The van der Waals surface area contributed by atoms with E-state index in [1.807, 2.05) is 13.8 Å². The molecule has 2 aromatic heterocycles. The highest BCUT2D eigenvalue weighted by Crippen LogP contribution is 2.47. The van der Waals surface area contributed by atoms with Gasteiger partial charge < -0.3 is 15.4 Å². The minimum Gasteiger partial charge on any atom is -0.376 e. The number of hydrogen-bond donors (Lipinski definition) is 2. The van der Waals surface area contributed by atoms with Gasteiger partial charge in [0.1, 0.15) is 11.3 Å². The monoisotopic (exact) mass is 593 g/mol. The third-order valence-electron chi connectivity index (χ3n) is 9.13. The molecule has 14 heteroatoms. The van der Waals surface area contributed by atoms with Crippen molar-refractivity contribution in [1.29, 1.82) is 0 Å². The highest BCUT2D eigenvalue weighted by molar-refractivity contribution is 7.89. The van der Waals surface area contributed by atoms with Crippen LogP contribution in [0.2, 0.25) is 0 Å². The Morgan fingerprint density at radius 1 is 1.18 bits per heavy atom. The number of anilines is 1. The number of piperidine rings is 1. The number of sulfonamides is 1. The summed E-state index contributed by atoms with van der Waals surface area (Å²) in [5.74, 6) is 0.862. The van der Waals surface area contributed by atoms with E-state index in [1.165, 1.54) is 0 Å². The van der Waals surface area contributed by atoms with Crippen molar-refractivity contribution in [3.05, 3.63) is 23.0 Å². The molecule has 4 aliphatic rings. The average molecular weight is 594 g/mol. The first-order valence-electron chi connectivity index (χ1n) is 13.8. The van der Waals surface area contributed by atoms with Crippen LogP contribution >= 0.6 is 11.3 Å². The predicted molar refractivity (Wildman–Crippen MR) is 147 cm³/mol. The van der Waals surface area contributed by atoms with Crippen LogP contribution in [-0.4, -0.2) is 65.5 Å². The molecule has 2 saturated carbocycles. The largest absolute Gasteiger partial charge is 0.376 e. The van der Waals surface area contributed by atoms with Crippen molar-refractivity contribution in [1.82, 2.24) is 24.5 Å². The Labute approximate surface area is 235 Å². The Balaban J connectivity index is 1.36. The third-order valence-corrected chi connectivity index (χ3v) is 11.7. The van der Waals surface area contributed by atoms with Gasteiger partial charge in [-0.2, -0.15) is 0 Å². The lowest BCUT2D eigenvalue weighted by molar-refractivity contribution is 0.0974. The van der Waals surface area contributed by atoms with E-state index in [0.29, 0.717) is 42.2 Å². The number of ether oxygens (including phenoxy) is 1. The molecule has 10 nitrogen and oxygen atoms in total. The maximum atomic E-state index is 13.6. The summed E-state index contributed by atoms with van der Waals surface area (Å²) in [5.41, 5.74) is 7.89. The van der Waals surface area contributed by atoms with Crippen LogP contribution in [0.15, 0.2) is 17.0 Å². The highest BCUT2D eigenvalue weighted by Gasteiger charge is 2.48. The highest BCUT2D eigenvalue weighted by atomic mass is 32.2. The zero-order valence-corrected chi connectivity index (χ0v) is 24.1. The molecule has 2 atom stereocenters. The molecular formula is C26H33F2N7O3S2. The number of nitrogens with two attached hydrogens (primary N) is 1. The number of imidazole rings is 1. The molecule has 4 fully saturated rings. The molecule has 3 aromatic rings. The second kappa shape index (κ2) is 9.12. The molecule has 2 aliphatic carbocycles. The first-order valence-corrected chi connectivity index (χ1v) is 16.1. The van der Waals surface area contributed by atoms with Crippen molar-refractivity contribution in [2.24, 2.45) is 11.1 Å². The van der Waals surface area contributed by atoms with Crippen LogP contribution in [0.5, 0.6) is 0 Å². The summed E-state index contributed by atoms with van der Waals surface area (Å²) in [6.07, 6.45) is 2.30. The Morgan fingerprint density at radius 2 is 1.90 bits per heavy atom. The summed E-state index contributed by atoms with van der Waals surface area (Å²) in [6.45, 7) is 5.88. The molecule has 4 heterocycles. The lowest BCUT2D eigenvalue weighted by atomic mass is 9.73. The van der Waals surface area contributed by atoms with Gasteiger partial charge in [0.25, 0.3) is 6.43 Å². The van der Waals surface area contributed by atoms with Crippen LogP contribution in [0.3, 0.4) is 0 Å². The molecule has 1 spiro atoms. The first-order chi connectivity index (χ1) is 19.0. The fourth-order valence-corrected chi connectivity index (χ4v) is 8.34. The van der Waals surface area contributed by atoms with Crippen molar-refractivity contribution in [2.75, 3.05) is 24.6 Å². The fraction of sp³-hybridized carbons (Fsp3) is 0.654. The van der Waals surface area contributed by atoms with Crippen LogP contribution < -0.4 is 15.4 Å². The zero-order valence-electron chi connectivity index (χ0n) is 22.4. The number of halogens is 2. The summed E-state index contributed by atoms with van der Waals surface area (Å²) in [7, 11) is -3.86. The lowest BCUT2D eigenvalue weighted by Crippen LogP contribution is -2.50. The van der Waals surface area contributed by atoms with Crippen molar-refractivity contribution in [3.8, 4) is 5.13 Å². The van der Waals surface area contributed by atoms with Crippen LogP contribution in [0.25, 0.3) is 16.2 Å². The van der Waals surface area contributed by atoms with Crippen molar-refractivity contribution in [2.45, 2.75) is 87.3 Å². The van der Waals surface area contributed by atoms with Gasteiger partial charge in [-0.15, -0.1) is 10.2 Å². The molecule has 1 aromatic carbocycles. The third kappa shape index (κ3) is 4.42. The number of benzene rings is 1. The van der Waals surface area contributed by atoms with Gasteiger partial charge in [-0.25, -0.2) is 26.9 Å². The molecule has 2 saturated heterocycles. The van der Waals surface area contributed by atoms with Gasteiger partial charge in [0.2, 0.25) is 15.2 Å².